The van der Waals surface area contributed by atoms with Crippen molar-refractivity contribution in [3.63, 3.8) is 0 Å². The second kappa shape index (κ2) is 7.88. The molecule has 24 heavy (non-hydrogen) atoms. The molecule has 1 fully saturated rings. The third kappa shape index (κ3) is 4.29. The lowest BCUT2D eigenvalue weighted by molar-refractivity contribution is 0.0853. The SMILES string of the molecule is CN(Cc1ccccc1)c1nccc(C(=O)NCC2CCCO2)n1. The quantitative estimate of drug-likeness (QED) is 0.880. The standard InChI is InChI=1S/C18H22N4O2/c1-22(13-14-6-3-2-4-7-14)18-19-10-9-16(21-18)17(23)20-12-15-8-5-11-24-15/h2-4,6-7,9-10,15H,5,8,11-13H2,1H3,(H,20,23). The highest BCUT2D eigenvalue weighted by atomic mass is 16.5. The molecule has 126 valence electrons. The molecule has 1 atom stereocenters. The molecule has 6 nitrogen and oxygen atoms in total. The van der Waals surface area contributed by atoms with Crippen LogP contribution in [-0.2, 0) is 11.3 Å². The van der Waals surface area contributed by atoms with E-state index in [-0.39, 0.29) is 12.0 Å². The van der Waals surface area contributed by atoms with Crippen molar-refractivity contribution >= 4 is 11.9 Å². The van der Waals surface area contributed by atoms with Gasteiger partial charge in [0.25, 0.3) is 5.91 Å². The van der Waals surface area contributed by atoms with E-state index in [2.05, 4.69) is 27.4 Å². The smallest absolute Gasteiger partial charge is 0.270 e. The highest BCUT2D eigenvalue weighted by Crippen LogP contribution is 2.12. The van der Waals surface area contributed by atoms with Crippen LogP contribution in [0.3, 0.4) is 0 Å². The van der Waals surface area contributed by atoms with Crippen LogP contribution >= 0.6 is 0 Å². The molecule has 1 unspecified atom stereocenters. The van der Waals surface area contributed by atoms with Crippen LogP contribution in [0.15, 0.2) is 42.6 Å². The average molecular weight is 326 g/mol. The van der Waals surface area contributed by atoms with Gasteiger partial charge in [-0.05, 0) is 24.5 Å². The Bertz CT molecular complexity index is 672. The minimum Gasteiger partial charge on any atom is -0.376 e. The summed E-state index contributed by atoms with van der Waals surface area (Å²) in [4.78, 5) is 22.8. The van der Waals surface area contributed by atoms with E-state index in [0.717, 1.165) is 25.0 Å². The number of aromatic nitrogens is 2. The highest BCUT2D eigenvalue weighted by molar-refractivity contribution is 5.92. The number of hydrogen-bond acceptors (Lipinski definition) is 5. The van der Waals surface area contributed by atoms with Crippen molar-refractivity contribution in [1.29, 1.82) is 0 Å². The zero-order chi connectivity index (χ0) is 16.8. The van der Waals surface area contributed by atoms with Crippen LogP contribution in [0.2, 0.25) is 0 Å². The van der Waals surface area contributed by atoms with Crippen molar-refractivity contribution in [3.8, 4) is 0 Å². The van der Waals surface area contributed by atoms with Gasteiger partial charge in [0.15, 0.2) is 0 Å². The number of carbonyl (C=O) groups is 1. The molecule has 1 aromatic carbocycles. The normalized spacial score (nSPS) is 16.8. The monoisotopic (exact) mass is 326 g/mol. The van der Waals surface area contributed by atoms with Crippen LogP contribution in [0.1, 0.15) is 28.9 Å². The van der Waals surface area contributed by atoms with E-state index in [4.69, 9.17) is 4.74 Å². The molecule has 1 aliphatic heterocycles. The number of nitrogens with zero attached hydrogens (tertiary/aromatic N) is 3. The topological polar surface area (TPSA) is 67.4 Å². The molecule has 0 radical (unpaired) electrons. The first-order valence-corrected chi connectivity index (χ1v) is 8.20. The number of anilines is 1. The van der Waals surface area contributed by atoms with Gasteiger partial charge in [-0.1, -0.05) is 30.3 Å². The largest absolute Gasteiger partial charge is 0.376 e. The van der Waals surface area contributed by atoms with Crippen LogP contribution in [0.25, 0.3) is 0 Å². The molecule has 0 aliphatic carbocycles. The Balaban J connectivity index is 1.61. The van der Waals surface area contributed by atoms with Crippen LogP contribution in [0, 0.1) is 0 Å². The van der Waals surface area contributed by atoms with E-state index >= 15 is 0 Å². The van der Waals surface area contributed by atoms with Gasteiger partial charge in [-0.3, -0.25) is 4.79 Å². The molecule has 1 amide bonds. The van der Waals surface area contributed by atoms with Gasteiger partial charge in [0.1, 0.15) is 5.69 Å². The van der Waals surface area contributed by atoms with Gasteiger partial charge in [-0.2, -0.15) is 0 Å². The molecule has 2 aromatic rings. The predicted octanol–water partition coefficient (Wildman–Crippen LogP) is 2.02. The van der Waals surface area contributed by atoms with E-state index in [1.54, 1.807) is 12.3 Å². The molecule has 0 saturated carbocycles. The summed E-state index contributed by atoms with van der Waals surface area (Å²) in [5.74, 6) is 0.339. The second-order valence-electron chi connectivity index (χ2n) is 5.93. The maximum absolute atomic E-state index is 12.3. The summed E-state index contributed by atoms with van der Waals surface area (Å²) in [6.45, 7) is 1.99. The van der Waals surface area contributed by atoms with Gasteiger partial charge >= 0.3 is 0 Å². The molecule has 3 rings (SSSR count). The maximum Gasteiger partial charge on any atom is 0.270 e. The number of carbonyl (C=O) groups excluding carboxylic acids is 1. The van der Waals surface area contributed by atoms with E-state index in [1.807, 2.05) is 30.1 Å². The summed E-state index contributed by atoms with van der Waals surface area (Å²) in [6, 6.07) is 11.7. The number of nitrogens with one attached hydrogen (secondary N) is 1. The highest BCUT2D eigenvalue weighted by Gasteiger charge is 2.17. The summed E-state index contributed by atoms with van der Waals surface area (Å²) in [5, 5.41) is 2.88. The zero-order valence-electron chi connectivity index (χ0n) is 13.8. The van der Waals surface area contributed by atoms with Crippen molar-refractivity contribution < 1.29 is 9.53 Å². The average Bonchev–Trinajstić information content (AvgIpc) is 3.14. The predicted molar refractivity (Wildman–Crippen MR) is 91.9 cm³/mol. The van der Waals surface area contributed by atoms with Crippen molar-refractivity contribution in [2.45, 2.75) is 25.5 Å². The third-order valence-corrected chi connectivity index (χ3v) is 3.99. The van der Waals surface area contributed by atoms with E-state index < -0.39 is 0 Å². The van der Waals surface area contributed by atoms with E-state index in [9.17, 15) is 4.79 Å². The van der Waals surface area contributed by atoms with Gasteiger partial charge in [-0.25, -0.2) is 9.97 Å². The first-order chi connectivity index (χ1) is 11.7. The van der Waals surface area contributed by atoms with E-state index in [1.165, 1.54) is 0 Å². The number of amides is 1. The molecule has 6 heteroatoms. The van der Waals surface area contributed by atoms with E-state index in [0.29, 0.717) is 24.7 Å². The molecule has 1 saturated heterocycles. The summed E-state index contributed by atoms with van der Waals surface area (Å²) < 4.78 is 5.51. The van der Waals surface area contributed by atoms with Crippen molar-refractivity contribution in [3.05, 3.63) is 53.9 Å². The van der Waals surface area contributed by atoms with Crippen LogP contribution in [-0.4, -0.2) is 42.2 Å². The minimum absolute atomic E-state index is 0.121. The van der Waals surface area contributed by atoms with Crippen LogP contribution < -0.4 is 10.2 Å². The Morgan fingerprint density at radius 1 is 1.33 bits per heavy atom. The molecule has 0 spiro atoms. The first kappa shape index (κ1) is 16.4. The Hall–Kier alpha value is -2.47. The first-order valence-electron chi connectivity index (χ1n) is 8.20. The molecule has 1 N–H and O–H groups in total. The Kier molecular flexibility index (Phi) is 5.38. The molecule has 1 aliphatic rings. The third-order valence-electron chi connectivity index (χ3n) is 3.99. The molecule has 0 bridgehead atoms. The number of benzene rings is 1. The number of rotatable bonds is 6. The maximum atomic E-state index is 12.3. The Labute approximate surface area is 141 Å². The summed E-state index contributed by atoms with van der Waals surface area (Å²) in [5.41, 5.74) is 1.54. The van der Waals surface area contributed by atoms with Gasteiger partial charge in [0, 0.05) is 32.9 Å². The Morgan fingerprint density at radius 3 is 2.92 bits per heavy atom. The lowest BCUT2D eigenvalue weighted by Crippen LogP contribution is -2.32. The second-order valence-corrected chi connectivity index (χ2v) is 5.93. The molecule has 1 aromatic heterocycles. The number of ether oxygens (including phenoxy) is 1. The fourth-order valence-corrected chi connectivity index (χ4v) is 2.69. The fraction of sp³-hybridized carbons (Fsp3) is 0.389. The molecular formula is C18H22N4O2. The van der Waals surface area contributed by atoms with Crippen LogP contribution in [0.5, 0.6) is 0 Å². The summed E-state index contributed by atoms with van der Waals surface area (Å²) in [6.07, 6.45) is 3.79. The molecular weight excluding hydrogens is 304 g/mol. The number of hydrogen-bond donors (Lipinski definition) is 1. The summed E-state index contributed by atoms with van der Waals surface area (Å²) in [7, 11) is 1.91. The van der Waals surface area contributed by atoms with Gasteiger partial charge in [0.05, 0.1) is 6.10 Å². The van der Waals surface area contributed by atoms with Crippen molar-refractivity contribution in [1.82, 2.24) is 15.3 Å². The van der Waals surface area contributed by atoms with Gasteiger partial charge < -0.3 is 15.0 Å². The zero-order valence-corrected chi connectivity index (χ0v) is 13.8. The van der Waals surface area contributed by atoms with Gasteiger partial charge in [0.2, 0.25) is 5.95 Å². The van der Waals surface area contributed by atoms with Crippen molar-refractivity contribution in [2.24, 2.45) is 0 Å². The lowest BCUT2D eigenvalue weighted by atomic mass is 10.2. The Morgan fingerprint density at radius 2 is 2.17 bits per heavy atom. The molecule has 2 heterocycles. The minimum atomic E-state index is -0.192. The summed E-state index contributed by atoms with van der Waals surface area (Å²) >= 11 is 0. The van der Waals surface area contributed by atoms with Crippen molar-refractivity contribution in [2.75, 3.05) is 25.1 Å². The lowest BCUT2D eigenvalue weighted by Gasteiger charge is -2.17. The fourth-order valence-electron chi connectivity index (χ4n) is 2.69. The van der Waals surface area contributed by atoms with Crippen LogP contribution in [0.4, 0.5) is 5.95 Å². The van der Waals surface area contributed by atoms with Gasteiger partial charge in [-0.15, -0.1) is 0 Å².